The van der Waals surface area contributed by atoms with E-state index in [1.54, 1.807) is 0 Å². The number of hydrogen-bond acceptors (Lipinski definition) is 2. The molecule has 84 valence electrons. The van der Waals surface area contributed by atoms with Gasteiger partial charge in [-0.3, -0.25) is 4.79 Å². The zero-order valence-electron chi connectivity index (χ0n) is 8.86. The molecule has 2 rings (SSSR count). The highest BCUT2D eigenvalue weighted by Gasteiger charge is 2.30. The first kappa shape index (κ1) is 11.4. The molecule has 2 nitrogen and oxygen atoms in total. The summed E-state index contributed by atoms with van der Waals surface area (Å²) in [6, 6.07) is 7.97. The first-order valence-corrected chi connectivity index (χ1v) is 6.14. The zero-order valence-corrected chi connectivity index (χ0v) is 10.4. The van der Waals surface area contributed by atoms with Crippen LogP contribution in [0.5, 0.6) is 0 Å². The van der Waals surface area contributed by atoms with Gasteiger partial charge in [0, 0.05) is 4.47 Å². The molecular weight excluding hydrogens is 268 g/mol. The third-order valence-corrected chi connectivity index (χ3v) is 2.94. The second-order valence-corrected chi connectivity index (χ2v) is 4.77. The standard InChI is InChI=1S/C13H13BrO2/c14-12-7-3-10(4-8-12)2-1-9-16-13(15)11-5-6-11/h1-4,7-8,11H,5-6,9H2. The molecule has 0 bridgehead atoms. The van der Waals surface area contributed by atoms with Crippen molar-refractivity contribution in [2.45, 2.75) is 12.8 Å². The number of carbonyl (C=O) groups is 1. The van der Waals surface area contributed by atoms with Crippen molar-refractivity contribution in [2.75, 3.05) is 6.61 Å². The van der Waals surface area contributed by atoms with Crippen molar-refractivity contribution in [1.29, 1.82) is 0 Å². The molecule has 1 aromatic rings. The Hall–Kier alpha value is -1.09. The maximum Gasteiger partial charge on any atom is 0.309 e. The quantitative estimate of drug-likeness (QED) is 0.790. The van der Waals surface area contributed by atoms with Gasteiger partial charge in [0.25, 0.3) is 0 Å². The number of carbonyl (C=O) groups excluding carboxylic acids is 1. The van der Waals surface area contributed by atoms with E-state index in [2.05, 4.69) is 15.9 Å². The van der Waals surface area contributed by atoms with Crippen LogP contribution in [0.4, 0.5) is 0 Å². The fraction of sp³-hybridized carbons (Fsp3) is 0.308. The van der Waals surface area contributed by atoms with Crippen LogP contribution in [0.2, 0.25) is 0 Å². The van der Waals surface area contributed by atoms with Crippen molar-refractivity contribution in [3.8, 4) is 0 Å². The van der Waals surface area contributed by atoms with Crippen LogP contribution in [0.1, 0.15) is 18.4 Å². The lowest BCUT2D eigenvalue weighted by molar-refractivity contribution is -0.143. The van der Waals surface area contributed by atoms with E-state index in [9.17, 15) is 4.79 Å². The normalized spacial score (nSPS) is 15.3. The Morgan fingerprint density at radius 2 is 2.06 bits per heavy atom. The number of rotatable bonds is 4. The molecule has 1 fully saturated rings. The molecule has 16 heavy (non-hydrogen) atoms. The van der Waals surface area contributed by atoms with E-state index >= 15 is 0 Å². The fourth-order valence-electron chi connectivity index (χ4n) is 1.33. The van der Waals surface area contributed by atoms with Crippen molar-refractivity contribution >= 4 is 28.0 Å². The van der Waals surface area contributed by atoms with Gasteiger partial charge in [0.05, 0.1) is 5.92 Å². The Morgan fingerprint density at radius 3 is 2.69 bits per heavy atom. The highest BCUT2D eigenvalue weighted by Crippen LogP contribution is 2.29. The number of halogens is 1. The molecule has 0 N–H and O–H groups in total. The molecule has 0 radical (unpaired) electrons. The lowest BCUT2D eigenvalue weighted by Crippen LogP contribution is -2.05. The lowest BCUT2D eigenvalue weighted by atomic mass is 10.2. The average Bonchev–Trinajstić information content (AvgIpc) is 3.10. The van der Waals surface area contributed by atoms with E-state index in [4.69, 9.17) is 4.74 Å². The summed E-state index contributed by atoms with van der Waals surface area (Å²) in [6.45, 7) is 0.366. The van der Waals surface area contributed by atoms with E-state index in [1.165, 1.54) is 0 Å². The summed E-state index contributed by atoms with van der Waals surface area (Å²) in [5.41, 5.74) is 1.10. The highest BCUT2D eigenvalue weighted by atomic mass is 79.9. The molecule has 0 aliphatic heterocycles. The van der Waals surface area contributed by atoms with E-state index in [0.717, 1.165) is 22.9 Å². The molecule has 0 spiro atoms. The Balaban J connectivity index is 1.76. The Bertz CT molecular complexity index is 391. The van der Waals surface area contributed by atoms with Crippen LogP contribution >= 0.6 is 15.9 Å². The summed E-state index contributed by atoms with van der Waals surface area (Å²) in [5, 5.41) is 0. The molecule has 0 saturated heterocycles. The van der Waals surface area contributed by atoms with E-state index in [0.29, 0.717) is 6.61 Å². The largest absolute Gasteiger partial charge is 0.461 e. The van der Waals surface area contributed by atoms with E-state index in [1.807, 2.05) is 36.4 Å². The molecule has 0 heterocycles. The minimum Gasteiger partial charge on any atom is -0.461 e. The summed E-state index contributed by atoms with van der Waals surface area (Å²) in [7, 11) is 0. The minimum atomic E-state index is -0.0551. The average molecular weight is 281 g/mol. The smallest absolute Gasteiger partial charge is 0.309 e. The van der Waals surface area contributed by atoms with Crippen LogP contribution in [0.15, 0.2) is 34.8 Å². The van der Waals surface area contributed by atoms with Crippen LogP contribution in [0.3, 0.4) is 0 Å². The van der Waals surface area contributed by atoms with Gasteiger partial charge >= 0.3 is 5.97 Å². The molecule has 1 aliphatic rings. The van der Waals surface area contributed by atoms with Gasteiger partial charge in [0.2, 0.25) is 0 Å². The molecule has 0 unspecified atom stereocenters. The Labute approximate surface area is 103 Å². The van der Waals surface area contributed by atoms with Crippen LogP contribution in [0.25, 0.3) is 6.08 Å². The van der Waals surface area contributed by atoms with Gasteiger partial charge in [-0.05, 0) is 36.6 Å². The second kappa shape index (κ2) is 5.30. The van der Waals surface area contributed by atoms with Crippen LogP contribution in [-0.2, 0) is 9.53 Å². The van der Waals surface area contributed by atoms with Gasteiger partial charge in [-0.2, -0.15) is 0 Å². The van der Waals surface area contributed by atoms with Gasteiger partial charge in [0.1, 0.15) is 6.61 Å². The highest BCUT2D eigenvalue weighted by molar-refractivity contribution is 9.10. The number of esters is 1. The van der Waals surface area contributed by atoms with Crippen molar-refractivity contribution in [3.05, 3.63) is 40.4 Å². The monoisotopic (exact) mass is 280 g/mol. The fourth-order valence-corrected chi connectivity index (χ4v) is 1.59. The molecular formula is C13H13BrO2. The zero-order chi connectivity index (χ0) is 11.4. The van der Waals surface area contributed by atoms with Gasteiger partial charge in [-0.1, -0.05) is 34.1 Å². The van der Waals surface area contributed by atoms with Crippen LogP contribution in [-0.4, -0.2) is 12.6 Å². The molecule has 0 aromatic heterocycles. The van der Waals surface area contributed by atoms with Crippen molar-refractivity contribution in [1.82, 2.24) is 0 Å². The van der Waals surface area contributed by atoms with Crippen molar-refractivity contribution in [3.63, 3.8) is 0 Å². The molecule has 0 amide bonds. The summed E-state index contributed by atoms with van der Waals surface area (Å²) in [4.78, 5) is 11.2. The van der Waals surface area contributed by atoms with Crippen molar-refractivity contribution in [2.24, 2.45) is 5.92 Å². The topological polar surface area (TPSA) is 26.3 Å². The predicted molar refractivity (Wildman–Crippen MR) is 66.9 cm³/mol. The van der Waals surface area contributed by atoms with E-state index in [-0.39, 0.29) is 11.9 Å². The molecule has 3 heteroatoms. The molecule has 1 aromatic carbocycles. The van der Waals surface area contributed by atoms with Gasteiger partial charge < -0.3 is 4.74 Å². The maximum absolute atomic E-state index is 11.2. The molecule has 1 aliphatic carbocycles. The summed E-state index contributed by atoms with van der Waals surface area (Å²) in [6.07, 6.45) is 5.81. The molecule has 0 atom stereocenters. The predicted octanol–water partition coefficient (Wildman–Crippen LogP) is 3.42. The Morgan fingerprint density at radius 1 is 1.38 bits per heavy atom. The number of ether oxygens (including phenoxy) is 1. The van der Waals surface area contributed by atoms with Crippen LogP contribution in [0, 0.1) is 5.92 Å². The first-order valence-electron chi connectivity index (χ1n) is 5.34. The number of hydrogen-bond donors (Lipinski definition) is 0. The molecule has 1 saturated carbocycles. The van der Waals surface area contributed by atoms with E-state index < -0.39 is 0 Å². The summed E-state index contributed by atoms with van der Waals surface area (Å²) < 4.78 is 6.14. The summed E-state index contributed by atoms with van der Waals surface area (Å²) in [5.74, 6) is 0.126. The SMILES string of the molecule is O=C(OCC=Cc1ccc(Br)cc1)C1CC1. The van der Waals surface area contributed by atoms with Gasteiger partial charge in [-0.15, -0.1) is 0 Å². The third-order valence-electron chi connectivity index (χ3n) is 2.41. The van der Waals surface area contributed by atoms with Crippen molar-refractivity contribution < 1.29 is 9.53 Å². The minimum absolute atomic E-state index is 0.0551. The first-order chi connectivity index (χ1) is 7.75. The third kappa shape index (κ3) is 3.49. The maximum atomic E-state index is 11.2. The van der Waals surface area contributed by atoms with Crippen LogP contribution < -0.4 is 0 Å². The van der Waals surface area contributed by atoms with Gasteiger partial charge in [0.15, 0.2) is 0 Å². The summed E-state index contributed by atoms with van der Waals surface area (Å²) >= 11 is 3.38. The van der Waals surface area contributed by atoms with Gasteiger partial charge in [-0.25, -0.2) is 0 Å². The lowest BCUT2D eigenvalue weighted by Gasteiger charge is -1.98. The Kier molecular flexibility index (Phi) is 3.78. The number of benzene rings is 1. The second-order valence-electron chi connectivity index (χ2n) is 3.86.